The molecule has 0 aliphatic carbocycles. The van der Waals surface area contributed by atoms with E-state index in [1.807, 2.05) is 19.0 Å². The Bertz CT molecular complexity index is 348. The smallest absolute Gasteiger partial charge is 0.223 e. The van der Waals surface area contributed by atoms with Gasteiger partial charge in [-0.3, -0.25) is 4.79 Å². The number of likely N-dealkylation sites (N-methyl/N-ethyl adjacent to an activating group) is 1. The molecule has 0 saturated heterocycles. The largest absolute Gasteiger partial charge is 0.384 e. The van der Waals surface area contributed by atoms with E-state index in [0.29, 0.717) is 12.4 Å². The van der Waals surface area contributed by atoms with Crippen LogP contribution in [-0.4, -0.2) is 43.0 Å². The number of carbonyl (C=O) groups is 1. The predicted molar refractivity (Wildman–Crippen MR) is 65.2 cm³/mol. The molecule has 1 amide bonds. The minimum atomic E-state index is 0.00780. The first kappa shape index (κ1) is 12.4. The molecule has 1 aromatic heterocycles. The van der Waals surface area contributed by atoms with Crippen molar-refractivity contribution >= 4 is 17.4 Å². The predicted octanol–water partition coefficient (Wildman–Crippen LogP) is 0.578. The van der Waals surface area contributed by atoms with E-state index in [4.69, 9.17) is 5.73 Å². The summed E-state index contributed by atoms with van der Waals surface area (Å²) in [6.07, 6.45) is 1.62. The van der Waals surface area contributed by atoms with Crippen LogP contribution in [0.3, 0.4) is 0 Å². The number of pyridine rings is 1. The van der Waals surface area contributed by atoms with E-state index in [1.54, 1.807) is 30.2 Å². The highest BCUT2D eigenvalue weighted by molar-refractivity contribution is 5.91. The number of rotatable bonds is 4. The lowest BCUT2D eigenvalue weighted by Crippen LogP contribution is -2.35. The van der Waals surface area contributed by atoms with Crippen LogP contribution in [0.5, 0.6) is 0 Å². The van der Waals surface area contributed by atoms with Gasteiger partial charge in [-0.1, -0.05) is 0 Å². The first-order valence-corrected chi connectivity index (χ1v) is 5.15. The van der Waals surface area contributed by atoms with E-state index < -0.39 is 0 Å². The minimum absolute atomic E-state index is 0.00780. The zero-order valence-corrected chi connectivity index (χ0v) is 9.97. The van der Waals surface area contributed by atoms with Gasteiger partial charge in [0.1, 0.15) is 5.82 Å². The van der Waals surface area contributed by atoms with Crippen LogP contribution >= 0.6 is 0 Å². The van der Waals surface area contributed by atoms with E-state index in [0.717, 1.165) is 12.2 Å². The number of hydrogen-bond acceptors (Lipinski definition) is 4. The van der Waals surface area contributed by atoms with Crippen LogP contribution in [0.15, 0.2) is 18.3 Å². The Morgan fingerprint density at radius 3 is 2.50 bits per heavy atom. The van der Waals surface area contributed by atoms with Gasteiger partial charge < -0.3 is 15.5 Å². The molecule has 5 heteroatoms. The highest BCUT2D eigenvalue weighted by atomic mass is 16.2. The fourth-order valence-corrected chi connectivity index (χ4v) is 1.33. The Labute approximate surface area is 95.9 Å². The van der Waals surface area contributed by atoms with Gasteiger partial charge in [-0.25, -0.2) is 4.98 Å². The third-order valence-electron chi connectivity index (χ3n) is 2.23. The Morgan fingerprint density at radius 2 is 2.06 bits per heavy atom. The van der Waals surface area contributed by atoms with Crippen LogP contribution in [0, 0.1) is 0 Å². The fraction of sp³-hybridized carbons (Fsp3) is 0.455. The summed E-state index contributed by atoms with van der Waals surface area (Å²) in [4.78, 5) is 19.2. The molecule has 1 rings (SSSR count). The molecule has 5 nitrogen and oxygen atoms in total. The summed E-state index contributed by atoms with van der Waals surface area (Å²) in [7, 11) is 3.94. The van der Waals surface area contributed by atoms with Crippen molar-refractivity contribution in [1.82, 2.24) is 9.88 Å². The summed E-state index contributed by atoms with van der Waals surface area (Å²) < 4.78 is 0. The number of nitrogens with two attached hydrogens (primary N) is 1. The van der Waals surface area contributed by atoms with Crippen LogP contribution in [0.25, 0.3) is 0 Å². The molecule has 0 radical (unpaired) electrons. The molecule has 88 valence electrons. The number of anilines is 2. The van der Waals surface area contributed by atoms with Crippen LogP contribution in [0.1, 0.15) is 6.92 Å². The van der Waals surface area contributed by atoms with Gasteiger partial charge in [0.2, 0.25) is 5.91 Å². The van der Waals surface area contributed by atoms with Gasteiger partial charge in [0.25, 0.3) is 0 Å². The van der Waals surface area contributed by atoms with Gasteiger partial charge in [-0.05, 0) is 26.2 Å². The number of nitrogens with zero attached hydrogens (tertiary/aromatic N) is 3. The third-order valence-corrected chi connectivity index (χ3v) is 2.23. The van der Waals surface area contributed by atoms with Crippen LogP contribution in [0.4, 0.5) is 11.5 Å². The highest BCUT2D eigenvalue weighted by Crippen LogP contribution is 2.13. The molecule has 0 aromatic carbocycles. The molecule has 0 saturated carbocycles. The molecular weight excluding hydrogens is 204 g/mol. The second-order valence-electron chi connectivity index (χ2n) is 3.92. The molecule has 1 aromatic rings. The van der Waals surface area contributed by atoms with Gasteiger partial charge >= 0.3 is 0 Å². The molecule has 0 aliphatic rings. The molecule has 1 heterocycles. The summed E-state index contributed by atoms with van der Waals surface area (Å²) in [6.45, 7) is 3.00. The van der Waals surface area contributed by atoms with Gasteiger partial charge in [-0.15, -0.1) is 0 Å². The van der Waals surface area contributed by atoms with Crippen molar-refractivity contribution in [3.63, 3.8) is 0 Å². The van der Waals surface area contributed by atoms with E-state index >= 15 is 0 Å². The number of nitrogen functional groups attached to an aromatic ring is 1. The quantitative estimate of drug-likeness (QED) is 0.809. The van der Waals surface area contributed by atoms with E-state index in [2.05, 4.69) is 4.98 Å². The number of aromatic nitrogens is 1. The second-order valence-corrected chi connectivity index (χ2v) is 3.92. The normalized spacial score (nSPS) is 10.5. The molecule has 2 N–H and O–H groups in total. The maximum atomic E-state index is 11.5. The van der Waals surface area contributed by atoms with Gasteiger partial charge in [0.05, 0.1) is 11.9 Å². The molecule has 0 atom stereocenters. The number of amides is 1. The number of hydrogen-bond donors (Lipinski definition) is 1. The van der Waals surface area contributed by atoms with Crippen molar-refractivity contribution in [2.75, 3.05) is 37.8 Å². The SMILES string of the molecule is CC(=O)N(CCN(C)C)c1ccc(N)nc1. The molecule has 0 fully saturated rings. The molecule has 0 unspecified atom stereocenters. The minimum Gasteiger partial charge on any atom is -0.384 e. The van der Waals surface area contributed by atoms with Gasteiger partial charge in [-0.2, -0.15) is 0 Å². The van der Waals surface area contributed by atoms with Crippen molar-refractivity contribution in [3.05, 3.63) is 18.3 Å². The van der Waals surface area contributed by atoms with E-state index in [9.17, 15) is 4.79 Å². The third kappa shape index (κ3) is 3.51. The molecule has 0 aliphatic heterocycles. The summed E-state index contributed by atoms with van der Waals surface area (Å²) in [5, 5.41) is 0. The monoisotopic (exact) mass is 222 g/mol. The topological polar surface area (TPSA) is 62.5 Å². The molecule has 0 bridgehead atoms. The van der Waals surface area contributed by atoms with Crippen LogP contribution < -0.4 is 10.6 Å². The first-order chi connectivity index (χ1) is 7.50. The van der Waals surface area contributed by atoms with Crippen molar-refractivity contribution in [3.8, 4) is 0 Å². The van der Waals surface area contributed by atoms with Crippen LogP contribution in [0.2, 0.25) is 0 Å². The van der Waals surface area contributed by atoms with Crippen molar-refractivity contribution < 1.29 is 4.79 Å². The molecule has 16 heavy (non-hydrogen) atoms. The van der Waals surface area contributed by atoms with Crippen LogP contribution in [-0.2, 0) is 4.79 Å². The van der Waals surface area contributed by atoms with Gasteiger partial charge in [0, 0.05) is 20.0 Å². The zero-order valence-electron chi connectivity index (χ0n) is 9.97. The lowest BCUT2D eigenvalue weighted by atomic mass is 10.3. The highest BCUT2D eigenvalue weighted by Gasteiger charge is 2.11. The Balaban J connectivity index is 2.77. The Kier molecular flexibility index (Phi) is 4.25. The first-order valence-electron chi connectivity index (χ1n) is 5.15. The van der Waals surface area contributed by atoms with Crippen molar-refractivity contribution in [1.29, 1.82) is 0 Å². The summed E-state index contributed by atoms with van der Waals surface area (Å²) in [5.41, 5.74) is 6.28. The average Bonchev–Trinajstić information content (AvgIpc) is 2.20. The van der Waals surface area contributed by atoms with E-state index in [1.165, 1.54) is 0 Å². The molecule has 0 spiro atoms. The maximum Gasteiger partial charge on any atom is 0.223 e. The van der Waals surface area contributed by atoms with Crippen molar-refractivity contribution in [2.24, 2.45) is 0 Å². The second kappa shape index (κ2) is 5.46. The Morgan fingerprint density at radius 1 is 1.38 bits per heavy atom. The van der Waals surface area contributed by atoms with Gasteiger partial charge in [0.15, 0.2) is 0 Å². The summed E-state index contributed by atoms with van der Waals surface area (Å²) >= 11 is 0. The maximum absolute atomic E-state index is 11.5. The lowest BCUT2D eigenvalue weighted by Gasteiger charge is -2.22. The average molecular weight is 222 g/mol. The summed E-state index contributed by atoms with van der Waals surface area (Å²) in [5.74, 6) is 0.466. The van der Waals surface area contributed by atoms with E-state index in [-0.39, 0.29) is 5.91 Å². The standard InChI is InChI=1S/C11H18N4O/c1-9(16)15(7-6-14(2)3)10-4-5-11(12)13-8-10/h4-5,8H,6-7H2,1-3H3,(H2,12,13). The number of carbonyl (C=O) groups excluding carboxylic acids is 1. The van der Waals surface area contributed by atoms with Crippen molar-refractivity contribution in [2.45, 2.75) is 6.92 Å². The zero-order chi connectivity index (χ0) is 12.1. The lowest BCUT2D eigenvalue weighted by molar-refractivity contribution is -0.116. The summed E-state index contributed by atoms with van der Waals surface area (Å²) in [6, 6.07) is 3.50. The molecular formula is C11H18N4O. The fourth-order valence-electron chi connectivity index (χ4n) is 1.33. The Hall–Kier alpha value is -1.62.